The minimum Gasteiger partial charge on any atom is -0.497 e. The highest BCUT2D eigenvalue weighted by Gasteiger charge is 2.28. The molecule has 1 amide bonds. The molecule has 0 fully saturated rings. The van der Waals surface area contributed by atoms with Crippen molar-refractivity contribution in [2.24, 2.45) is 0 Å². The second-order valence-electron chi connectivity index (χ2n) is 6.82. The standard InChI is InChI=1S/C22H18FN3O3/c1-29-17-8-4-14(5-9-17)21(28)26-22-24-12-18-19(25-22)10-15(11-20(18)27)13-2-6-16(23)7-3-13/h2-9,12,15H,10-11H2,1H3,(H,24,25,26,28). The first-order valence-electron chi connectivity index (χ1n) is 9.13. The summed E-state index contributed by atoms with van der Waals surface area (Å²) in [7, 11) is 1.55. The molecule has 1 atom stereocenters. The first kappa shape index (κ1) is 18.7. The Bertz CT molecular complexity index is 1070. The van der Waals surface area contributed by atoms with Crippen LogP contribution in [0.1, 0.15) is 44.3 Å². The van der Waals surface area contributed by atoms with Gasteiger partial charge in [-0.05, 0) is 54.3 Å². The van der Waals surface area contributed by atoms with Crippen molar-refractivity contribution in [3.8, 4) is 5.75 Å². The van der Waals surface area contributed by atoms with Crippen molar-refractivity contribution < 1.29 is 18.7 Å². The highest BCUT2D eigenvalue weighted by Crippen LogP contribution is 2.32. The molecule has 1 aliphatic rings. The van der Waals surface area contributed by atoms with Crippen molar-refractivity contribution in [2.45, 2.75) is 18.8 Å². The number of hydrogen-bond acceptors (Lipinski definition) is 5. The molecule has 0 saturated heterocycles. The van der Waals surface area contributed by atoms with Crippen molar-refractivity contribution in [3.63, 3.8) is 0 Å². The van der Waals surface area contributed by atoms with Gasteiger partial charge in [0, 0.05) is 18.2 Å². The van der Waals surface area contributed by atoms with Crippen LogP contribution in [0.3, 0.4) is 0 Å². The number of nitrogens with one attached hydrogen (secondary N) is 1. The van der Waals surface area contributed by atoms with E-state index in [0.29, 0.717) is 35.4 Å². The molecule has 4 rings (SSSR count). The van der Waals surface area contributed by atoms with Crippen LogP contribution in [0, 0.1) is 5.82 Å². The number of hydrogen-bond donors (Lipinski definition) is 1. The Labute approximate surface area is 166 Å². The van der Waals surface area contributed by atoms with Gasteiger partial charge < -0.3 is 4.74 Å². The number of halogens is 1. The van der Waals surface area contributed by atoms with Gasteiger partial charge in [0.2, 0.25) is 5.95 Å². The Morgan fingerprint density at radius 2 is 1.83 bits per heavy atom. The molecule has 3 aromatic rings. The number of anilines is 1. The van der Waals surface area contributed by atoms with E-state index in [9.17, 15) is 14.0 Å². The molecule has 1 unspecified atom stereocenters. The summed E-state index contributed by atoms with van der Waals surface area (Å²) < 4.78 is 18.3. The third kappa shape index (κ3) is 3.99. The van der Waals surface area contributed by atoms with Gasteiger partial charge >= 0.3 is 0 Å². The van der Waals surface area contributed by atoms with E-state index in [-0.39, 0.29) is 29.4 Å². The summed E-state index contributed by atoms with van der Waals surface area (Å²) in [6, 6.07) is 12.8. The van der Waals surface area contributed by atoms with Gasteiger partial charge in [-0.25, -0.2) is 14.4 Å². The summed E-state index contributed by atoms with van der Waals surface area (Å²) in [6.45, 7) is 0. The zero-order chi connectivity index (χ0) is 20.4. The number of aromatic nitrogens is 2. The fourth-order valence-corrected chi connectivity index (χ4v) is 3.39. The van der Waals surface area contributed by atoms with Gasteiger partial charge in [-0.3, -0.25) is 14.9 Å². The predicted octanol–water partition coefficient (Wildman–Crippen LogP) is 3.79. The highest BCUT2D eigenvalue weighted by atomic mass is 19.1. The Morgan fingerprint density at radius 3 is 2.52 bits per heavy atom. The number of carbonyl (C=O) groups excluding carboxylic acids is 2. The number of nitrogens with zero attached hydrogens (tertiary/aromatic N) is 2. The molecule has 1 N–H and O–H groups in total. The van der Waals surface area contributed by atoms with Gasteiger partial charge in [0.1, 0.15) is 11.6 Å². The van der Waals surface area contributed by atoms with Crippen LogP contribution in [0.15, 0.2) is 54.7 Å². The Balaban J connectivity index is 1.54. The van der Waals surface area contributed by atoms with Gasteiger partial charge in [0.25, 0.3) is 5.91 Å². The molecular formula is C22H18FN3O3. The van der Waals surface area contributed by atoms with Crippen LogP contribution in [-0.4, -0.2) is 28.8 Å². The van der Waals surface area contributed by atoms with E-state index in [1.165, 1.54) is 18.3 Å². The summed E-state index contributed by atoms with van der Waals surface area (Å²) in [5, 5.41) is 2.66. The normalized spacial score (nSPS) is 15.5. The van der Waals surface area contributed by atoms with Crippen molar-refractivity contribution in [2.75, 3.05) is 12.4 Å². The lowest BCUT2D eigenvalue weighted by Gasteiger charge is -2.23. The molecule has 146 valence electrons. The van der Waals surface area contributed by atoms with E-state index in [1.54, 1.807) is 43.5 Å². The van der Waals surface area contributed by atoms with Gasteiger partial charge in [0.15, 0.2) is 5.78 Å². The van der Waals surface area contributed by atoms with Crippen LogP contribution in [-0.2, 0) is 6.42 Å². The molecular weight excluding hydrogens is 373 g/mol. The minimum atomic E-state index is -0.357. The smallest absolute Gasteiger partial charge is 0.258 e. The molecule has 0 bridgehead atoms. The summed E-state index contributed by atoms with van der Waals surface area (Å²) in [4.78, 5) is 33.4. The number of ketones is 1. The maximum Gasteiger partial charge on any atom is 0.258 e. The van der Waals surface area contributed by atoms with E-state index in [0.717, 1.165) is 5.56 Å². The summed E-state index contributed by atoms with van der Waals surface area (Å²) in [5.41, 5.74) is 2.36. The number of benzene rings is 2. The van der Waals surface area contributed by atoms with Crippen LogP contribution >= 0.6 is 0 Å². The van der Waals surface area contributed by atoms with Crippen LogP contribution in [0.5, 0.6) is 5.75 Å². The molecule has 6 nitrogen and oxygen atoms in total. The van der Waals surface area contributed by atoms with Crippen LogP contribution in [0.4, 0.5) is 10.3 Å². The summed E-state index contributed by atoms with van der Waals surface area (Å²) >= 11 is 0. The van der Waals surface area contributed by atoms with E-state index in [2.05, 4.69) is 15.3 Å². The molecule has 0 aliphatic heterocycles. The Morgan fingerprint density at radius 1 is 1.10 bits per heavy atom. The monoisotopic (exact) mass is 391 g/mol. The van der Waals surface area contributed by atoms with Crippen molar-refractivity contribution in [1.29, 1.82) is 0 Å². The van der Waals surface area contributed by atoms with Gasteiger partial charge in [-0.2, -0.15) is 0 Å². The number of Topliss-reactive ketones (excluding diaryl/α,β-unsaturated/α-hetero) is 1. The average Bonchev–Trinajstić information content (AvgIpc) is 2.74. The number of amides is 1. The fraction of sp³-hybridized carbons (Fsp3) is 0.182. The van der Waals surface area contributed by atoms with Crippen molar-refractivity contribution in [3.05, 3.63) is 82.9 Å². The maximum atomic E-state index is 13.2. The SMILES string of the molecule is COc1ccc(C(=O)Nc2ncc3c(n2)CC(c2ccc(F)cc2)CC3=O)cc1. The molecule has 0 spiro atoms. The fourth-order valence-electron chi connectivity index (χ4n) is 3.39. The quantitative estimate of drug-likeness (QED) is 0.732. The molecule has 2 aromatic carbocycles. The lowest BCUT2D eigenvalue weighted by Crippen LogP contribution is -2.22. The minimum absolute atomic E-state index is 0.0615. The lowest BCUT2D eigenvalue weighted by atomic mass is 9.82. The molecule has 1 aromatic heterocycles. The molecule has 1 aliphatic carbocycles. The second-order valence-corrected chi connectivity index (χ2v) is 6.82. The maximum absolute atomic E-state index is 13.2. The number of ether oxygens (including phenoxy) is 1. The molecule has 1 heterocycles. The van der Waals surface area contributed by atoms with Crippen LogP contribution < -0.4 is 10.1 Å². The molecule has 29 heavy (non-hydrogen) atoms. The summed E-state index contributed by atoms with van der Waals surface area (Å²) in [5.74, 6) is -0.0368. The number of methoxy groups -OCH3 is 1. The van der Waals surface area contributed by atoms with Crippen LogP contribution in [0.2, 0.25) is 0 Å². The number of fused-ring (bicyclic) bond motifs is 1. The van der Waals surface area contributed by atoms with Crippen molar-refractivity contribution in [1.82, 2.24) is 9.97 Å². The summed E-state index contributed by atoms with van der Waals surface area (Å²) in [6.07, 6.45) is 2.29. The van der Waals surface area contributed by atoms with E-state index in [4.69, 9.17) is 4.74 Å². The topological polar surface area (TPSA) is 81.2 Å². The Kier molecular flexibility index (Phi) is 5.03. The zero-order valence-electron chi connectivity index (χ0n) is 15.7. The predicted molar refractivity (Wildman–Crippen MR) is 105 cm³/mol. The first-order chi connectivity index (χ1) is 14.0. The second kappa shape index (κ2) is 7.79. The highest BCUT2D eigenvalue weighted by molar-refractivity contribution is 6.03. The first-order valence-corrected chi connectivity index (χ1v) is 9.13. The zero-order valence-corrected chi connectivity index (χ0v) is 15.7. The van der Waals surface area contributed by atoms with Crippen molar-refractivity contribution >= 4 is 17.6 Å². The van der Waals surface area contributed by atoms with Gasteiger partial charge in [-0.1, -0.05) is 12.1 Å². The number of rotatable bonds is 4. The van der Waals surface area contributed by atoms with Crippen LogP contribution in [0.25, 0.3) is 0 Å². The molecule has 0 radical (unpaired) electrons. The van der Waals surface area contributed by atoms with Gasteiger partial charge in [-0.15, -0.1) is 0 Å². The van der Waals surface area contributed by atoms with E-state index in [1.807, 2.05) is 0 Å². The largest absolute Gasteiger partial charge is 0.497 e. The third-order valence-electron chi connectivity index (χ3n) is 4.96. The van der Waals surface area contributed by atoms with Gasteiger partial charge in [0.05, 0.1) is 18.4 Å². The Hall–Kier alpha value is -3.61. The van der Waals surface area contributed by atoms with E-state index < -0.39 is 0 Å². The third-order valence-corrected chi connectivity index (χ3v) is 4.96. The molecule has 7 heteroatoms. The average molecular weight is 391 g/mol. The lowest BCUT2D eigenvalue weighted by molar-refractivity contribution is 0.0962. The number of carbonyl (C=O) groups is 2. The molecule has 0 saturated carbocycles. The van der Waals surface area contributed by atoms with E-state index >= 15 is 0 Å².